The van der Waals surface area contributed by atoms with Crippen molar-refractivity contribution in [1.29, 1.82) is 0 Å². The molecule has 0 aliphatic heterocycles. The maximum Gasteiger partial charge on any atom is 0.143 e. The lowest BCUT2D eigenvalue weighted by molar-refractivity contribution is -0.133. The second-order valence-electron chi connectivity index (χ2n) is 6.25. The van der Waals surface area contributed by atoms with Crippen molar-refractivity contribution in [2.45, 2.75) is 64.8 Å². The number of carbonyl (C=O) groups excluding carboxylic acids is 1. The highest BCUT2D eigenvalue weighted by atomic mass is 16.1. The van der Waals surface area contributed by atoms with Crippen LogP contribution in [0.2, 0.25) is 0 Å². The zero-order chi connectivity index (χ0) is 11.8. The molecule has 2 aliphatic carbocycles. The van der Waals surface area contributed by atoms with Crippen molar-refractivity contribution in [3.05, 3.63) is 0 Å². The predicted octanol–water partition coefficient (Wildman–Crippen LogP) is 2.90. The van der Waals surface area contributed by atoms with Crippen LogP contribution in [0, 0.1) is 17.3 Å². The first-order valence-electron chi connectivity index (χ1n) is 6.84. The maximum absolute atomic E-state index is 12.6. The van der Waals surface area contributed by atoms with Gasteiger partial charge in [-0.15, -0.1) is 0 Å². The van der Waals surface area contributed by atoms with Crippen LogP contribution in [0.4, 0.5) is 0 Å². The van der Waals surface area contributed by atoms with Crippen molar-refractivity contribution in [2.75, 3.05) is 0 Å². The van der Waals surface area contributed by atoms with E-state index in [4.69, 9.17) is 5.73 Å². The van der Waals surface area contributed by atoms with E-state index in [1.807, 2.05) is 0 Å². The highest BCUT2D eigenvalue weighted by Crippen LogP contribution is 2.42. The molecule has 2 aliphatic rings. The number of nitrogens with two attached hydrogens (primary N) is 1. The molecule has 2 rings (SSSR count). The molecule has 0 heterocycles. The molecule has 2 N–H and O–H groups in total. The van der Waals surface area contributed by atoms with E-state index in [2.05, 4.69) is 13.8 Å². The van der Waals surface area contributed by atoms with E-state index < -0.39 is 0 Å². The molecule has 16 heavy (non-hydrogen) atoms. The normalized spacial score (nSPS) is 44.6. The van der Waals surface area contributed by atoms with Crippen LogP contribution in [-0.4, -0.2) is 11.8 Å². The molecule has 92 valence electrons. The van der Waals surface area contributed by atoms with Crippen LogP contribution in [0.25, 0.3) is 0 Å². The first-order valence-corrected chi connectivity index (χ1v) is 6.84. The zero-order valence-corrected chi connectivity index (χ0v) is 10.7. The summed E-state index contributed by atoms with van der Waals surface area (Å²) in [6.07, 6.45) is 7.90. The van der Waals surface area contributed by atoms with E-state index in [0.29, 0.717) is 11.7 Å². The maximum atomic E-state index is 12.6. The van der Waals surface area contributed by atoms with Gasteiger partial charge in [0.25, 0.3) is 0 Å². The van der Waals surface area contributed by atoms with Crippen LogP contribution >= 0.6 is 0 Å². The summed E-state index contributed by atoms with van der Waals surface area (Å²) in [4.78, 5) is 12.6. The van der Waals surface area contributed by atoms with Crippen LogP contribution in [0.5, 0.6) is 0 Å². The molecule has 0 radical (unpaired) electrons. The second-order valence-corrected chi connectivity index (χ2v) is 6.25. The third-order valence-corrected chi connectivity index (χ3v) is 4.90. The van der Waals surface area contributed by atoms with Crippen LogP contribution in [-0.2, 0) is 4.79 Å². The topological polar surface area (TPSA) is 43.1 Å². The van der Waals surface area contributed by atoms with Crippen molar-refractivity contribution >= 4 is 5.78 Å². The average molecular weight is 223 g/mol. The molecule has 0 amide bonds. The van der Waals surface area contributed by atoms with Gasteiger partial charge in [0, 0.05) is 17.4 Å². The fourth-order valence-electron chi connectivity index (χ4n) is 3.64. The van der Waals surface area contributed by atoms with Gasteiger partial charge >= 0.3 is 0 Å². The molecular formula is C14H25NO. The van der Waals surface area contributed by atoms with Gasteiger partial charge in [-0.2, -0.15) is 0 Å². The van der Waals surface area contributed by atoms with E-state index in [0.717, 1.165) is 38.0 Å². The molecule has 2 heteroatoms. The Hall–Kier alpha value is -0.370. The third kappa shape index (κ3) is 2.04. The van der Waals surface area contributed by atoms with Gasteiger partial charge in [-0.1, -0.05) is 33.1 Å². The van der Waals surface area contributed by atoms with Gasteiger partial charge in [-0.25, -0.2) is 0 Å². The van der Waals surface area contributed by atoms with E-state index >= 15 is 0 Å². The Kier molecular flexibility index (Phi) is 3.39. The minimum atomic E-state index is -0.207. The average Bonchev–Trinajstić information content (AvgIpc) is 2.59. The lowest BCUT2D eigenvalue weighted by Gasteiger charge is -2.34. The number of Topliss-reactive ketones (excluding diaryl/α,β-unsaturated/α-hetero) is 1. The fraction of sp³-hybridized carbons (Fsp3) is 0.929. The molecule has 2 fully saturated rings. The Balaban J connectivity index is 2.06. The van der Waals surface area contributed by atoms with Crippen molar-refractivity contribution in [2.24, 2.45) is 23.0 Å². The van der Waals surface area contributed by atoms with Crippen molar-refractivity contribution in [3.63, 3.8) is 0 Å². The van der Waals surface area contributed by atoms with E-state index in [-0.39, 0.29) is 11.5 Å². The number of carbonyl (C=O) groups is 1. The van der Waals surface area contributed by atoms with E-state index in [1.165, 1.54) is 12.8 Å². The Labute approximate surface area is 99.0 Å². The summed E-state index contributed by atoms with van der Waals surface area (Å²) in [6, 6.07) is 0.109. The summed E-state index contributed by atoms with van der Waals surface area (Å²) in [5.74, 6) is 1.51. The summed E-state index contributed by atoms with van der Waals surface area (Å²) < 4.78 is 0. The van der Waals surface area contributed by atoms with Crippen molar-refractivity contribution in [3.8, 4) is 0 Å². The molecule has 0 aromatic carbocycles. The minimum Gasteiger partial charge on any atom is -0.327 e. The van der Waals surface area contributed by atoms with Gasteiger partial charge in [0.15, 0.2) is 0 Å². The fourth-order valence-corrected chi connectivity index (χ4v) is 3.64. The van der Waals surface area contributed by atoms with E-state index in [1.54, 1.807) is 0 Å². The first kappa shape index (κ1) is 12.1. The number of hydrogen-bond acceptors (Lipinski definition) is 2. The number of ketones is 1. The Morgan fingerprint density at radius 1 is 1.25 bits per heavy atom. The van der Waals surface area contributed by atoms with E-state index in [9.17, 15) is 4.79 Å². The van der Waals surface area contributed by atoms with Gasteiger partial charge in [0.2, 0.25) is 0 Å². The number of rotatable bonds is 2. The third-order valence-electron chi connectivity index (χ3n) is 4.90. The summed E-state index contributed by atoms with van der Waals surface area (Å²) in [5.41, 5.74) is 5.93. The van der Waals surface area contributed by atoms with Crippen LogP contribution in [0.1, 0.15) is 58.8 Å². The number of hydrogen-bond donors (Lipinski definition) is 1. The molecule has 2 nitrogen and oxygen atoms in total. The van der Waals surface area contributed by atoms with Gasteiger partial charge in [0.1, 0.15) is 5.78 Å². The summed E-state index contributed by atoms with van der Waals surface area (Å²) in [7, 11) is 0. The molecule has 0 spiro atoms. The molecule has 0 bridgehead atoms. The zero-order valence-electron chi connectivity index (χ0n) is 10.7. The van der Waals surface area contributed by atoms with Crippen LogP contribution < -0.4 is 5.73 Å². The lowest BCUT2D eigenvalue weighted by atomic mass is 9.70. The van der Waals surface area contributed by atoms with Crippen molar-refractivity contribution in [1.82, 2.24) is 0 Å². The standard InChI is InChI=1S/C14H25NO/c1-10-5-3-6-11(9-10)13(16)14(2)8-4-7-12(14)15/h10-12H,3-9,15H2,1-2H3. The molecule has 4 atom stereocenters. The molecule has 0 aromatic rings. The van der Waals surface area contributed by atoms with Crippen molar-refractivity contribution < 1.29 is 4.79 Å². The largest absolute Gasteiger partial charge is 0.327 e. The highest BCUT2D eigenvalue weighted by molar-refractivity contribution is 5.87. The molecule has 0 saturated heterocycles. The Bertz CT molecular complexity index is 276. The molecule has 2 saturated carbocycles. The van der Waals surface area contributed by atoms with Gasteiger partial charge < -0.3 is 5.73 Å². The van der Waals surface area contributed by atoms with Gasteiger partial charge in [0.05, 0.1) is 0 Å². The minimum absolute atomic E-state index is 0.109. The second kappa shape index (κ2) is 4.48. The summed E-state index contributed by atoms with van der Waals surface area (Å²) in [6.45, 7) is 4.38. The predicted molar refractivity (Wildman–Crippen MR) is 66.1 cm³/mol. The molecule has 0 aromatic heterocycles. The monoisotopic (exact) mass is 223 g/mol. The SMILES string of the molecule is CC1CCCC(C(=O)C2(C)CCCC2N)C1. The Morgan fingerprint density at radius 3 is 2.56 bits per heavy atom. The first-order chi connectivity index (χ1) is 7.54. The molecule has 4 unspecified atom stereocenters. The smallest absolute Gasteiger partial charge is 0.143 e. The highest BCUT2D eigenvalue weighted by Gasteiger charge is 2.45. The molecular weight excluding hydrogens is 198 g/mol. The summed E-state index contributed by atoms with van der Waals surface area (Å²) in [5, 5.41) is 0. The lowest BCUT2D eigenvalue weighted by Crippen LogP contribution is -2.44. The Morgan fingerprint density at radius 2 is 2.00 bits per heavy atom. The quantitative estimate of drug-likeness (QED) is 0.782. The van der Waals surface area contributed by atoms with Gasteiger partial charge in [-0.05, 0) is 31.6 Å². The van der Waals surface area contributed by atoms with Gasteiger partial charge in [-0.3, -0.25) is 4.79 Å². The van der Waals surface area contributed by atoms with Crippen LogP contribution in [0.15, 0.2) is 0 Å². The van der Waals surface area contributed by atoms with Crippen LogP contribution in [0.3, 0.4) is 0 Å². The summed E-state index contributed by atoms with van der Waals surface area (Å²) >= 11 is 0.